The molecular formula is C13H18N2O3. The number of hydrogen-bond acceptors (Lipinski definition) is 3. The van der Waals surface area contributed by atoms with Crippen molar-refractivity contribution in [1.29, 1.82) is 0 Å². The van der Waals surface area contributed by atoms with Gasteiger partial charge in [-0.2, -0.15) is 0 Å². The molecule has 0 aliphatic heterocycles. The van der Waals surface area contributed by atoms with E-state index in [-0.39, 0.29) is 11.8 Å². The Hall–Kier alpha value is -2.04. The minimum atomic E-state index is -0.1000. The smallest absolute Gasteiger partial charge is 0.224 e. The van der Waals surface area contributed by atoms with Crippen LogP contribution >= 0.6 is 0 Å². The summed E-state index contributed by atoms with van der Waals surface area (Å²) in [5.41, 5.74) is 0.895. The normalized spacial score (nSPS) is 9.67. The van der Waals surface area contributed by atoms with E-state index >= 15 is 0 Å². The van der Waals surface area contributed by atoms with E-state index in [0.717, 1.165) is 11.3 Å². The largest absolute Gasteiger partial charge is 0.497 e. The molecule has 0 radical (unpaired) electrons. The van der Waals surface area contributed by atoms with Gasteiger partial charge < -0.3 is 15.4 Å². The van der Waals surface area contributed by atoms with Crippen LogP contribution in [0.1, 0.15) is 12.5 Å². The molecule has 0 heterocycles. The number of nitrogens with one attached hydrogen (secondary N) is 2. The quantitative estimate of drug-likeness (QED) is 0.722. The van der Waals surface area contributed by atoms with Gasteiger partial charge in [-0.25, -0.2) is 0 Å². The average Bonchev–Trinajstić information content (AvgIpc) is 2.34. The van der Waals surface area contributed by atoms with E-state index in [2.05, 4.69) is 10.6 Å². The van der Waals surface area contributed by atoms with Crippen LogP contribution in [0.2, 0.25) is 0 Å². The minimum absolute atomic E-state index is 0.0754. The Labute approximate surface area is 107 Å². The third-order valence-corrected chi connectivity index (χ3v) is 2.32. The summed E-state index contributed by atoms with van der Waals surface area (Å²) in [5, 5.41) is 5.34. The minimum Gasteiger partial charge on any atom is -0.497 e. The van der Waals surface area contributed by atoms with Gasteiger partial charge in [-0.3, -0.25) is 9.59 Å². The maximum Gasteiger partial charge on any atom is 0.224 e. The zero-order valence-corrected chi connectivity index (χ0v) is 10.7. The van der Waals surface area contributed by atoms with Gasteiger partial charge in [0.25, 0.3) is 0 Å². The van der Waals surface area contributed by atoms with Gasteiger partial charge in [0.05, 0.1) is 13.5 Å². The predicted octanol–water partition coefficient (Wildman–Crippen LogP) is 0.490. The first-order valence-corrected chi connectivity index (χ1v) is 5.76. The maximum absolute atomic E-state index is 11.6. The molecule has 2 N–H and O–H groups in total. The molecule has 0 aliphatic rings. The van der Waals surface area contributed by atoms with Gasteiger partial charge in [0.2, 0.25) is 11.8 Å². The molecule has 5 heteroatoms. The lowest BCUT2D eigenvalue weighted by molar-refractivity contribution is -0.121. The highest BCUT2D eigenvalue weighted by Gasteiger charge is 2.03. The number of carbonyl (C=O) groups excluding carboxylic acids is 2. The summed E-state index contributed by atoms with van der Waals surface area (Å²) in [6.07, 6.45) is 0.303. The van der Waals surface area contributed by atoms with E-state index in [1.165, 1.54) is 6.92 Å². The van der Waals surface area contributed by atoms with Crippen LogP contribution in [-0.2, 0) is 16.0 Å². The fraction of sp³-hybridized carbons (Fsp3) is 0.385. The van der Waals surface area contributed by atoms with Gasteiger partial charge >= 0.3 is 0 Å². The molecule has 5 nitrogen and oxygen atoms in total. The van der Waals surface area contributed by atoms with Crippen molar-refractivity contribution in [3.63, 3.8) is 0 Å². The highest BCUT2D eigenvalue weighted by molar-refractivity contribution is 5.78. The van der Waals surface area contributed by atoms with Crippen LogP contribution in [0.25, 0.3) is 0 Å². The second kappa shape index (κ2) is 7.32. The Morgan fingerprint density at radius 2 is 1.94 bits per heavy atom. The summed E-state index contributed by atoms with van der Waals surface area (Å²) in [4.78, 5) is 22.2. The Balaban J connectivity index is 2.33. The van der Waals surface area contributed by atoms with Crippen LogP contribution < -0.4 is 15.4 Å². The number of methoxy groups -OCH3 is 1. The van der Waals surface area contributed by atoms with Crippen LogP contribution in [0.3, 0.4) is 0 Å². The number of rotatable bonds is 6. The summed E-state index contributed by atoms with van der Waals surface area (Å²) < 4.78 is 5.08. The number of carbonyl (C=O) groups is 2. The van der Waals surface area contributed by atoms with E-state index < -0.39 is 0 Å². The summed E-state index contributed by atoms with van der Waals surface area (Å²) in [5.74, 6) is 0.559. The topological polar surface area (TPSA) is 67.4 Å². The van der Waals surface area contributed by atoms with Crippen LogP contribution in [0.5, 0.6) is 5.75 Å². The van der Waals surface area contributed by atoms with Gasteiger partial charge in [-0.05, 0) is 17.7 Å². The number of amides is 2. The molecular weight excluding hydrogens is 232 g/mol. The molecule has 1 rings (SSSR count). The third kappa shape index (κ3) is 5.34. The molecule has 98 valence electrons. The van der Waals surface area contributed by atoms with Crippen molar-refractivity contribution in [2.45, 2.75) is 13.3 Å². The van der Waals surface area contributed by atoms with E-state index in [0.29, 0.717) is 19.5 Å². The highest BCUT2D eigenvalue weighted by Crippen LogP contribution is 2.12. The van der Waals surface area contributed by atoms with Gasteiger partial charge in [-0.15, -0.1) is 0 Å². The van der Waals surface area contributed by atoms with Crippen molar-refractivity contribution >= 4 is 11.8 Å². The van der Waals surface area contributed by atoms with Crippen LogP contribution in [0, 0.1) is 0 Å². The standard InChI is InChI=1S/C13H18N2O3/c1-10(16)14-6-7-15-13(17)9-11-4-3-5-12(8-11)18-2/h3-5,8H,6-7,9H2,1-2H3,(H,14,16)(H,15,17). The predicted molar refractivity (Wildman–Crippen MR) is 68.4 cm³/mol. The molecule has 0 fully saturated rings. The fourth-order valence-corrected chi connectivity index (χ4v) is 1.47. The third-order valence-electron chi connectivity index (χ3n) is 2.32. The molecule has 2 amide bonds. The van der Waals surface area contributed by atoms with Crippen LogP contribution in [0.15, 0.2) is 24.3 Å². The highest BCUT2D eigenvalue weighted by atomic mass is 16.5. The molecule has 0 bridgehead atoms. The van der Waals surface area contributed by atoms with E-state index in [1.807, 2.05) is 24.3 Å². The Kier molecular flexibility index (Phi) is 5.70. The molecule has 1 aromatic rings. The summed E-state index contributed by atoms with van der Waals surface area (Å²) in [6, 6.07) is 7.38. The molecule has 0 aromatic heterocycles. The second-order valence-corrected chi connectivity index (χ2v) is 3.86. The lowest BCUT2D eigenvalue weighted by atomic mass is 10.1. The zero-order valence-electron chi connectivity index (χ0n) is 10.7. The molecule has 18 heavy (non-hydrogen) atoms. The van der Waals surface area contributed by atoms with E-state index in [4.69, 9.17) is 4.74 Å². The van der Waals surface area contributed by atoms with E-state index in [9.17, 15) is 9.59 Å². The molecule has 0 saturated heterocycles. The lowest BCUT2D eigenvalue weighted by Gasteiger charge is -2.06. The number of ether oxygens (including phenoxy) is 1. The summed E-state index contributed by atoms with van der Waals surface area (Å²) in [7, 11) is 1.59. The van der Waals surface area contributed by atoms with Crippen molar-refractivity contribution in [3.8, 4) is 5.75 Å². The molecule has 0 unspecified atom stereocenters. The Morgan fingerprint density at radius 1 is 1.22 bits per heavy atom. The first kappa shape index (κ1) is 14.0. The first-order valence-electron chi connectivity index (χ1n) is 5.76. The SMILES string of the molecule is COc1cccc(CC(=O)NCCNC(C)=O)c1. The monoisotopic (exact) mass is 250 g/mol. The zero-order chi connectivity index (χ0) is 13.4. The maximum atomic E-state index is 11.6. The molecule has 0 spiro atoms. The molecule has 0 aliphatic carbocycles. The molecule has 0 atom stereocenters. The van der Waals surface area contributed by atoms with Gasteiger partial charge in [0.1, 0.15) is 5.75 Å². The Morgan fingerprint density at radius 3 is 2.61 bits per heavy atom. The van der Waals surface area contributed by atoms with Crippen molar-refractivity contribution in [1.82, 2.24) is 10.6 Å². The van der Waals surface area contributed by atoms with Crippen LogP contribution in [-0.4, -0.2) is 32.0 Å². The summed E-state index contributed by atoms with van der Waals surface area (Å²) in [6.45, 7) is 2.32. The summed E-state index contributed by atoms with van der Waals surface area (Å²) >= 11 is 0. The van der Waals surface area contributed by atoms with Gasteiger partial charge in [-0.1, -0.05) is 12.1 Å². The lowest BCUT2D eigenvalue weighted by Crippen LogP contribution is -2.34. The van der Waals surface area contributed by atoms with Gasteiger partial charge in [0, 0.05) is 20.0 Å². The second-order valence-electron chi connectivity index (χ2n) is 3.86. The first-order chi connectivity index (χ1) is 8.61. The van der Waals surface area contributed by atoms with Crippen molar-refractivity contribution in [3.05, 3.63) is 29.8 Å². The number of benzene rings is 1. The Bertz CT molecular complexity index is 418. The van der Waals surface area contributed by atoms with Crippen molar-refractivity contribution in [2.75, 3.05) is 20.2 Å². The van der Waals surface area contributed by atoms with Gasteiger partial charge in [0.15, 0.2) is 0 Å². The van der Waals surface area contributed by atoms with Crippen molar-refractivity contribution < 1.29 is 14.3 Å². The van der Waals surface area contributed by atoms with E-state index in [1.54, 1.807) is 7.11 Å². The molecule has 0 saturated carbocycles. The fourth-order valence-electron chi connectivity index (χ4n) is 1.47. The van der Waals surface area contributed by atoms with Crippen LogP contribution in [0.4, 0.5) is 0 Å². The molecule has 1 aromatic carbocycles. The number of hydrogen-bond donors (Lipinski definition) is 2. The van der Waals surface area contributed by atoms with Crippen molar-refractivity contribution in [2.24, 2.45) is 0 Å². The average molecular weight is 250 g/mol.